The summed E-state index contributed by atoms with van der Waals surface area (Å²) in [5.41, 5.74) is 10.4. The molecular weight excluding hydrogens is 1260 g/mol. The van der Waals surface area contributed by atoms with Crippen LogP contribution >= 0.6 is 11.6 Å². The molecule has 0 spiro atoms. The van der Waals surface area contributed by atoms with Crippen molar-refractivity contribution in [2.45, 2.75) is 6.92 Å². The van der Waals surface area contributed by atoms with Crippen molar-refractivity contribution in [3.05, 3.63) is 353 Å². The summed E-state index contributed by atoms with van der Waals surface area (Å²) in [7, 11) is 1.57. The number of carboxylic acid groups (broad SMARTS) is 6. The summed E-state index contributed by atoms with van der Waals surface area (Å²) in [4.78, 5) is 65.2. The fourth-order valence-corrected chi connectivity index (χ4v) is 9.73. The average Bonchev–Trinajstić information content (AvgIpc) is 0.987. The maximum absolute atomic E-state index is 13.8. The fraction of sp³-hybridized carbons (Fsp3) is 0.0250. The fourth-order valence-electron chi connectivity index (χ4n) is 9.53. The second kappa shape index (κ2) is 35.4. The number of halogens is 4. The zero-order valence-corrected chi connectivity index (χ0v) is 52.5. The molecule has 0 unspecified atom stereocenters. The second-order valence-electron chi connectivity index (χ2n) is 20.7. The molecule has 0 amide bonds. The highest BCUT2D eigenvalue weighted by Crippen LogP contribution is 2.32. The van der Waals surface area contributed by atoms with Gasteiger partial charge in [0.05, 0.1) is 45.5 Å². The summed E-state index contributed by atoms with van der Waals surface area (Å²) in [5.74, 6) is -7.75. The van der Waals surface area contributed by atoms with Gasteiger partial charge in [0.1, 0.15) is 23.2 Å². The molecule has 97 heavy (non-hydrogen) atoms. The van der Waals surface area contributed by atoms with Crippen LogP contribution < -0.4 is 4.74 Å². The van der Waals surface area contributed by atoms with Gasteiger partial charge in [0.2, 0.25) is 0 Å². The van der Waals surface area contributed by atoms with Crippen molar-refractivity contribution in [3.63, 3.8) is 0 Å². The van der Waals surface area contributed by atoms with E-state index in [0.717, 1.165) is 56.1 Å². The maximum Gasteiger partial charge on any atom is 0.338 e. The Morgan fingerprint density at radius 1 is 0.309 bits per heavy atom. The number of hydrogen-bond donors (Lipinski definition) is 6. The lowest BCUT2D eigenvalue weighted by Crippen LogP contribution is -2.01. The molecule has 6 N–H and O–H groups in total. The van der Waals surface area contributed by atoms with Crippen LogP contribution in [0.5, 0.6) is 5.75 Å². The molecule has 486 valence electrons. The van der Waals surface area contributed by atoms with E-state index in [-0.39, 0.29) is 32.8 Å². The summed E-state index contributed by atoms with van der Waals surface area (Å²) >= 11 is 5.80. The van der Waals surface area contributed by atoms with Crippen LogP contribution in [0.25, 0.3) is 66.8 Å². The first-order valence-electron chi connectivity index (χ1n) is 29.3. The van der Waals surface area contributed by atoms with E-state index in [1.165, 1.54) is 42.5 Å². The van der Waals surface area contributed by atoms with Crippen molar-refractivity contribution in [1.29, 1.82) is 0 Å². The normalized spacial score (nSPS) is 10.0. The van der Waals surface area contributed by atoms with E-state index in [4.69, 9.17) is 47.0 Å². The predicted octanol–water partition coefficient (Wildman–Crippen LogP) is 19.7. The predicted molar refractivity (Wildman–Crippen MR) is 369 cm³/mol. The summed E-state index contributed by atoms with van der Waals surface area (Å²) in [5, 5.41) is 53.6. The Labute approximate surface area is 561 Å². The minimum Gasteiger partial charge on any atom is -0.496 e. The molecule has 0 atom stereocenters. The van der Waals surface area contributed by atoms with Gasteiger partial charge in [-0.2, -0.15) is 0 Å². The van der Waals surface area contributed by atoms with Crippen LogP contribution in [0.3, 0.4) is 0 Å². The molecule has 0 aromatic heterocycles. The van der Waals surface area contributed by atoms with E-state index in [0.29, 0.717) is 33.6 Å². The molecule has 12 aromatic carbocycles. The van der Waals surface area contributed by atoms with Gasteiger partial charge >= 0.3 is 35.8 Å². The molecule has 17 heteroatoms. The summed E-state index contributed by atoms with van der Waals surface area (Å²) in [6.45, 7) is 1.84. The van der Waals surface area contributed by atoms with Crippen molar-refractivity contribution in [1.82, 2.24) is 0 Å². The van der Waals surface area contributed by atoms with E-state index in [1.807, 2.05) is 165 Å². The van der Waals surface area contributed by atoms with Gasteiger partial charge in [-0.1, -0.05) is 230 Å². The summed E-state index contributed by atoms with van der Waals surface area (Å²) < 4.78 is 45.4. The third kappa shape index (κ3) is 20.4. The van der Waals surface area contributed by atoms with Crippen molar-refractivity contribution in [2.24, 2.45) is 0 Å². The number of rotatable bonds is 13. The molecule has 0 bridgehead atoms. The molecule has 0 saturated carbocycles. The Morgan fingerprint density at radius 3 is 1.14 bits per heavy atom. The number of aromatic carboxylic acids is 6. The molecule has 12 rings (SSSR count). The lowest BCUT2D eigenvalue weighted by molar-refractivity contribution is 0.0680. The molecule has 0 radical (unpaired) electrons. The van der Waals surface area contributed by atoms with Gasteiger partial charge in [-0.3, -0.25) is 0 Å². The Bertz CT molecular complexity index is 4460. The highest BCUT2D eigenvalue weighted by Gasteiger charge is 2.17. The summed E-state index contributed by atoms with van der Waals surface area (Å²) in [6, 6.07) is 83.6. The second-order valence-corrected chi connectivity index (χ2v) is 21.1. The maximum atomic E-state index is 13.8. The van der Waals surface area contributed by atoms with Gasteiger partial charge in [-0.15, -0.1) is 0 Å². The van der Waals surface area contributed by atoms with Gasteiger partial charge in [0.25, 0.3) is 0 Å². The minimum absolute atomic E-state index is 0.0427. The van der Waals surface area contributed by atoms with Crippen molar-refractivity contribution < 1.29 is 77.3 Å². The van der Waals surface area contributed by atoms with Crippen LogP contribution in [0.15, 0.2) is 291 Å². The number of ether oxygens (including phenoxy) is 1. The van der Waals surface area contributed by atoms with Crippen LogP contribution in [0.2, 0.25) is 5.02 Å². The number of carboxylic acids is 6. The van der Waals surface area contributed by atoms with E-state index in [9.17, 15) is 41.9 Å². The van der Waals surface area contributed by atoms with Gasteiger partial charge in [0, 0.05) is 11.1 Å². The number of methoxy groups -OCH3 is 1. The van der Waals surface area contributed by atoms with Crippen LogP contribution in [0, 0.1) is 24.4 Å². The number of hydrogen-bond acceptors (Lipinski definition) is 7. The van der Waals surface area contributed by atoms with E-state index in [2.05, 4.69) is 0 Å². The largest absolute Gasteiger partial charge is 0.496 e. The van der Waals surface area contributed by atoms with E-state index in [1.54, 1.807) is 92.0 Å². The van der Waals surface area contributed by atoms with Crippen LogP contribution in [0.1, 0.15) is 67.7 Å². The van der Waals surface area contributed by atoms with Gasteiger partial charge in [0.15, 0.2) is 0 Å². The van der Waals surface area contributed by atoms with Gasteiger partial charge in [-0.05, 0) is 141 Å². The highest BCUT2D eigenvalue weighted by atomic mass is 35.5. The van der Waals surface area contributed by atoms with Crippen LogP contribution in [-0.4, -0.2) is 73.6 Å². The number of benzene rings is 12. The zero-order valence-electron chi connectivity index (χ0n) is 51.8. The third-order valence-corrected chi connectivity index (χ3v) is 14.7. The molecule has 0 aliphatic heterocycles. The minimum atomic E-state index is -1.25. The van der Waals surface area contributed by atoms with Gasteiger partial charge in [-0.25, -0.2) is 41.9 Å². The van der Waals surface area contributed by atoms with Crippen molar-refractivity contribution in [3.8, 4) is 72.5 Å². The molecule has 0 fully saturated rings. The molecule has 0 aliphatic rings. The average molecular weight is 1320 g/mol. The third-order valence-electron chi connectivity index (χ3n) is 14.4. The first kappa shape index (κ1) is 71.8. The molecule has 0 aliphatic carbocycles. The van der Waals surface area contributed by atoms with Crippen LogP contribution in [-0.2, 0) is 0 Å². The Kier molecular flexibility index (Phi) is 26.2. The molecule has 0 heterocycles. The molecule has 13 nitrogen and oxygen atoms in total. The van der Waals surface area contributed by atoms with Crippen LogP contribution in [0.4, 0.5) is 13.2 Å². The summed E-state index contributed by atoms with van der Waals surface area (Å²) in [6.07, 6.45) is 0. The monoisotopic (exact) mass is 1320 g/mol. The zero-order chi connectivity index (χ0) is 70.0. The Morgan fingerprint density at radius 2 is 0.701 bits per heavy atom. The Balaban J connectivity index is 0.000000164. The molecular formula is C80H60ClF3O13. The van der Waals surface area contributed by atoms with Crippen molar-refractivity contribution >= 4 is 47.4 Å². The highest BCUT2D eigenvalue weighted by molar-refractivity contribution is 6.33. The standard InChI is InChI=1S/C14H12O3.C14H12O2.C13H9ClO2.3C13H9FO2/c1-17-13-8-7-11(14(15)16)9-12(13)10-5-3-2-4-6-10;1-10-12(11-6-3-2-4-7-11)8-5-9-13(10)14(15)16;14-12-7-6-10(8-11(12)13(15)16)9-4-2-1-3-5-9;14-12-10(9-5-2-1-3-6-9)7-4-8-11(12)13(15)16;14-12-7-10(6-11(8-12)13(15)16)9-4-2-1-3-5-9;14-12-7-6-10(8-11(12)13(15)16)9-4-2-1-3-5-9/h2-9H,1H3,(H,15,16);2-9H,1H3,(H,15,16);4*1-8H,(H,15,16). The number of carbonyl (C=O) groups is 6. The van der Waals surface area contributed by atoms with E-state index >= 15 is 0 Å². The first-order chi connectivity index (χ1) is 46.6. The van der Waals surface area contributed by atoms with Gasteiger partial charge < -0.3 is 35.4 Å². The van der Waals surface area contributed by atoms with E-state index < -0.39 is 53.3 Å². The smallest absolute Gasteiger partial charge is 0.338 e. The topological polar surface area (TPSA) is 233 Å². The lowest BCUT2D eigenvalue weighted by atomic mass is 9.97. The first-order valence-corrected chi connectivity index (χ1v) is 29.7. The lowest BCUT2D eigenvalue weighted by Gasteiger charge is -2.09. The quantitative estimate of drug-likeness (QED) is 0.0631. The SMILES string of the molecule is COc1ccc(C(=O)O)cc1-c1ccccc1.Cc1c(C(=O)O)cccc1-c1ccccc1.O=C(O)c1cc(-c2ccccc2)ccc1Cl.O=C(O)c1cc(-c2ccccc2)ccc1F.O=C(O)c1cc(F)cc(-c2ccccc2)c1.O=C(O)c1cccc(-c2ccccc2)c1F. The molecule has 12 aromatic rings. The molecule has 0 saturated heterocycles. The van der Waals surface area contributed by atoms with Crippen molar-refractivity contribution in [2.75, 3.05) is 7.11 Å². The Hall–Kier alpha value is -12.7.